The third kappa shape index (κ3) is 3.30. The number of nitrogens with one attached hydrogen (secondary N) is 1. The molecule has 2 atom stereocenters. The molecule has 1 aliphatic rings. The first kappa shape index (κ1) is 11.0. The smallest absolute Gasteiger partial charge is 0.0118 e. The molecule has 0 spiro atoms. The van der Waals surface area contributed by atoms with Gasteiger partial charge in [0.05, 0.1) is 0 Å². The molecule has 0 bridgehead atoms. The molecule has 1 nitrogen and oxygen atoms in total. The van der Waals surface area contributed by atoms with Crippen molar-refractivity contribution < 1.29 is 0 Å². The summed E-state index contributed by atoms with van der Waals surface area (Å²) in [5.41, 5.74) is 0. The van der Waals surface area contributed by atoms with E-state index in [-0.39, 0.29) is 0 Å². The van der Waals surface area contributed by atoms with Gasteiger partial charge in [0.2, 0.25) is 0 Å². The molecule has 1 aliphatic carbocycles. The predicted molar refractivity (Wildman–Crippen MR) is 58.8 cm³/mol. The van der Waals surface area contributed by atoms with Crippen molar-refractivity contribution in [1.82, 2.24) is 5.32 Å². The van der Waals surface area contributed by atoms with E-state index < -0.39 is 0 Å². The number of hydrogen-bond donors (Lipinski definition) is 1. The van der Waals surface area contributed by atoms with Crippen molar-refractivity contribution in [3.63, 3.8) is 0 Å². The van der Waals surface area contributed by atoms with E-state index in [0.29, 0.717) is 0 Å². The number of hydrogen-bond acceptors (Lipinski definition) is 1. The van der Waals surface area contributed by atoms with Gasteiger partial charge in [0.25, 0.3) is 0 Å². The molecule has 1 rings (SSSR count). The lowest BCUT2D eigenvalue weighted by atomic mass is 9.88. The number of rotatable bonds is 6. The minimum atomic E-state index is 0.743. The second-order valence-electron chi connectivity index (χ2n) is 4.92. The first-order valence-electron chi connectivity index (χ1n) is 5.90. The molecule has 1 heteroatoms. The van der Waals surface area contributed by atoms with Gasteiger partial charge in [-0.2, -0.15) is 0 Å². The second-order valence-corrected chi connectivity index (χ2v) is 4.92. The van der Waals surface area contributed by atoms with Gasteiger partial charge < -0.3 is 5.32 Å². The normalized spacial score (nSPS) is 21.9. The van der Waals surface area contributed by atoms with Gasteiger partial charge in [-0.25, -0.2) is 0 Å². The molecular weight excluding hydrogens is 158 g/mol. The average molecular weight is 183 g/mol. The topological polar surface area (TPSA) is 12.0 Å². The Labute approximate surface area is 83.3 Å². The van der Waals surface area contributed by atoms with Gasteiger partial charge >= 0.3 is 0 Å². The van der Waals surface area contributed by atoms with Crippen molar-refractivity contribution in [1.29, 1.82) is 0 Å². The van der Waals surface area contributed by atoms with Crippen molar-refractivity contribution >= 4 is 0 Å². The summed E-state index contributed by atoms with van der Waals surface area (Å²) in [5.74, 6) is 2.69. The lowest BCUT2D eigenvalue weighted by molar-refractivity contribution is 0.274. The average Bonchev–Trinajstić information content (AvgIpc) is 2.86. The Kier molecular flexibility index (Phi) is 4.24. The van der Waals surface area contributed by atoms with Crippen LogP contribution in [0.5, 0.6) is 0 Å². The van der Waals surface area contributed by atoms with Crippen molar-refractivity contribution in [3.05, 3.63) is 0 Å². The van der Waals surface area contributed by atoms with E-state index in [1.807, 2.05) is 0 Å². The fourth-order valence-electron chi connectivity index (χ4n) is 2.25. The van der Waals surface area contributed by atoms with E-state index in [4.69, 9.17) is 0 Å². The summed E-state index contributed by atoms with van der Waals surface area (Å²) < 4.78 is 0. The lowest BCUT2D eigenvalue weighted by Gasteiger charge is -2.28. The molecule has 0 aromatic rings. The first-order valence-corrected chi connectivity index (χ1v) is 5.90. The molecule has 0 aliphatic heterocycles. The fourth-order valence-corrected chi connectivity index (χ4v) is 2.25. The highest BCUT2D eigenvalue weighted by molar-refractivity contribution is 4.87. The van der Waals surface area contributed by atoms with Crippen LogP contribution < -0.4 is 5.32 Å². The van der Waals surface area contributed by atoms with Crippen LogP contribution in [0, 0.1) is 17.8 Å². The van der Waals surface area contributed by atoms with Gasteiger partial charge in [0.15, 0.2) is 0 Å². The SMILES string of the molecule is CCCNC(C(C)C)C(C)C1CC1. The first-order chi connectivity index (χ1) is 6.16. The maximum absolute atomic E-state index is 3.69. The van der Waals surface area contributed by atoms with Gasteiger partial charge in [0, 0.05) is 6.04 Å². The van der Waals surface area contributed by atoms with Crippen LogP contribution in [0.1, 0.15) is 47.0 Å². The standard InChI is InChI=1S/C12H25N/c1-5-8-13-12(9(2)3)10(4)11-6-7-11/h9-13H,5-8H2,1-4H3. The molecule has 0 saturated heterocycles. The Morgan fingerprint density at radius 2 is 1.85 bits per heavy atom. The van der Waals surface area contributed by atoms with Crippen LogP contribution >= 0.6 is 0 Å². The summed E-state index contributed by atoms with van der Waals surface area (Å²) in [6.07, 6.45) is 4.19. The third-order valence-corrected chi connectivity index (χ3v) is 3.28. The second kappa shape index (κ2) is 4.99. The zero-order chi connectivity index (χ0) is 9.84. The molecular formula is C12H25N. The van der Waals surface area contributed by atoms with Crippen molar-refractivity contribution in [2.75, 3.05) is 6.54 Å². The van der Waals surface area contributed by atoms with E-state index in [1.165, 1.54) is 25.8 Å². The summed E-state index contributed by atoms with van der Waals surface area (Å²) in [7, 11) is 0. The van der Waals surface area contributed by atoms with E-state index in [0.717, 1.165) is 23.8 Å². The van der Waals surface area contributed by atoms with Crippen molar-refractivity contribution in [3.8, 4) is 0 Å². The molecule has 0 amide bonds. The lowest BCUT2D eigenvalue weighted by Crippen LogP contribution is -2.40. The highest BCUT2D eigenvalue weighted by Crippen LogP contribution is 2.39. The van der Waals surface area contributed by atoms with E-state index in [1.54, 1.807) is 0 Å². The van der Waals surface area contributed by atoms with Gasteiger partial charge in [-0.05, 0) is 43.6 Å². The molecule has 0 aromatic heterocycles. The van der Waals surface area contributed by atoms with E-state index in [9.17, 15) is 0 Å². The van der Waals surface area contributed by atoms with Gasteiger partial charge in [-0.1, -0.05) is 27.7 Å². The maximum atomic E-state index is 3.69. The summed E-state index contributed by atoms with van der Waals surface area (Å²) >= 11 is 0. The minimum absolute atomic E-state index is 0.743. The Hall–Kier alpha value is -0.0400. The van der Waals surface area contributed by atoms with E-state index >= 15 is 0 Å². The molecule has 13 heavy (non-hydrogen) atoms. The summed E-state index contributed by atoms with van der Waals surface area (Å²) in [5, 5.41) is 3.69. The Bertz CT molecular complexity index is 138. The quantitative estimate of drug-likeness (QED) is 0.667. The monoisotopic (exact) mass is 183 g/mol. The highest BCUT2D eigenvalue weighted by atomic mass is 14.9. The van der Waals surface area contributed by atoms with Crippen LogP contribution in [0.4, 0.5) is 0 Å². The zero-order valence-electron chi connectivity index (χ0n) is 9.64. The summed E-state index contributed by atoms with van der Waals surface area (Å²) in [4.78, 5) is 0. The molecule has 1 N–H and O–H groups in total. The zero-order valence-corrected chi connectivity index (χ0v) is 9.64. The molecule has 1 saturated carbocycles. The third-order valence-electron chi connectivity index (χ3n) is 3.28. The van der Waals surface area contributed by atoms with Crippen molar-refractivity contribution in [2.24, 2.45) is 17.8 Å². The maximum Gasteiger partial charge on any atom is 0.0118 e. The van der Waals surface area contributed by atoms with Gasteiger partial charge in [-0.3, -0.25) is 0 Å². The fraction of sp³-hybridized carbons (Fsp3) is 1.00. The van der Waals surface area contributed by atoms with Crippen LogP contribution in [0.25, 0.3) is 0 Å². The summed E-state index contributed by atoms with van der Waals surface area (Å²) in [6.45, 7) is 10.5. The van der Waals surface area contributed by atoms with Crippen LogP contribution in [-0.2, 0) is 0 Å². The molecule has 0 aromatic carbocycles. The molecule has 78 valence electrons. The van der Waals surface area contributed by atoms with Crippen LogP contribution in [0.3, 0.4) is 0 Å². The molecule has 0 heterocycles. The molecule has 1 fully saturated rings. The van der Waals surface area contributed by atoms with Gasteiger partial charge in [0.1, 0.15) is 0 Å². The Morgan fingerprint density at radius 1 is 1.23 bits per heavy atom. The van der Waals surface area contributed by atoms with Crippen molar-refractivity contribution in [2.45, 2.75) is 53.0 Å². The van der Waals surface area contributed by atoms with Crippen LogP contribution in [0.15, 0.2) is 0 Å². The van der Waals surface area contributed by atoms with Crippen LogP contribution in [-0.4, -0.2) is 12.6 Å². The molecule has 0 radical (unpaired) electrons. The summed E-state index contributed by atoms with van der Waals surface area (Å²) in [6, 6.07) is 0.743. The highest BCUT2D eigenvalue weighted by Gasteiger charge is 2.33. The van der Waals surface area contributed by atoms with E-state index in [2.05, 4.69) is 33.0 Å². The van der Waals surface area contributed by atoms with Crippen LogP contribution in [0.2, 0.25) is 0 Å². The largest absolute Gasteiger partial charge is 0.313 e. The molecule has 2 unspecified atom stereocenters. The minimum Gasteiger partial charge on any atom is -0.313 e. The van der Waals surface area contributed by atoms with Gasteiger partial charge in [-0.15, -0.1) is 0 Å². The Morgan fingerprint density at radius 3 is 2.23 bits per heavy atom. The predicted octanol–water partition coefficient (Wildman–Crippen LogP) is 3.06. The Balaban J connectivity index is 2.35.